The molecule has 2 rings (SSSR count). The first kappa shape index (κ1) is 11.3. The van der Waals surface area contributed by atoms with Crippen LogP contribution in [0.2, 0.25) is 0 Å². The maximum absolute atomic E-state index is 13.7. The van der Waals surface area contributed by atoms with E-state index in [1.54, 1.807) is 13.0 Å². The molecule has 0 saturated carbocycles. The Balaban J connectivity index is 2.65. The van der Waals surface area contributed by atoms with Gasteiger partial charge >= 0.3 is 0 Å². The molecule has 0 unspecified atom stereocenters. The van der Waals surface area contributed by atoms with Gasteiger partial charge in [-0.15, -0.1) is 0 Å². The number of hydrogen-bond acceptors (Lipinski definition) is 4. The summed E-state index contributed by atoms with van der Waals surface area (Å²) in [6, 6.07) is 4.62. The van der Waals surface area contributed by atoms with Crippen LogP contribution in [0.15, 0.2) is 35.4 Å². The molecule has 0 radical (unpaired) electrons. The molecule has 0 fully saturated rings. The van der Waals surface area contributed by atoms with Crippen LogP contribution in [0.25, 0.3) is 5.69 Å². The van der Waals surface area contributed by atoms with Gasteiger partial charge in [0.15, 0.2) is 0 Å². The number of hydrogen-bond donors (Lipinski definition) is 2. The quantitative estimate of drug-likeness (QED) is 0.599. The van der Waals surface area contributed by atoms with E-state index in [0.29, 0.717) is 0 Å². The van der Waals surface area contributed by atoms with Gasteiger partial charge in [0, 0.05) is 12.4 Å². The lowest BCUT2D eigenvalue weighted by atomic mass is 10.2. The van der Waals surface area contributed by atoms with Crippen LogP contribution < -0.4 is 16.8 Å². The molecule has 3 N–H and O–H groups in total. The van der Waals surface area contributed by atoms with Crippen LogP contribution in [0, 0.1) is 12.7 Å². The van der Waals surface area contributed by atoms with Crippen molar-refractivity contribution in [3.63, 3.8) is 0 Å². The zero-order chi connectivity index (χ0) is 12.4. The fraction of sp³-hybridized carbons (Fsp3) is 0.0909. The average molecular weight is 234 g/mol. The van der Waals surface area contributed by atoms with Gasteiger partial charge in [-0.2, -0.15) is 0 Å². The topological polar surface area (TPSA) is 72.9 Å². The second-order valence-corrected chi connectivity index (χ2v) is 3.55. The van der Waals surface area contributed by atoms with Crippen LogP contribution in [0.3, 0.4) is 0 Å². The summed E-state index contributed by atoms with van der Waals surface area (Å²) in [7, 11) is 0. The van der Waals surface area contributed by atoms with E-state index in [4.69, 9.17) is 5.84 Å². The lowest BCUT2D eigenvalue weighted by Gasteiger charge is -2.08. The zero-order valence-electron chi connectivity index (χ0n) is 9.14. The maximum atomic E-state index is 13.7. The summed E-state index contributed by atoms with van der Waals surface area (Å²) in [4.78, 5) is 15.6. The molecule has 0 bridgehead atoms. The molecule has 17 heavy (non-hydrogen) atoms. The van der Waals surface area contributed by atoms with E-state index in [2.05, 4.69) is 10.4 Å². The van der Waals surface area contributed by atoms with Crippen LogP contribution in [0.1, 0.15) is 5.56 Å². The molecule has 0 aliphatic carbocycles. The van der Waals surface area contributed by atoms with Gasteiger partial charge in [-0.05, 0) is 24.6 Å². The van der Waals surface area contributed by atoms with Crippen molar-refractivity contribution in [3.05, 3.63) is 52.3 Å². The third-order valence-corrected chi connectivity index (χ3v) is 2.34. The fourth-order valence-electron chi connectivity index (χ4n) is 1.51. The minimum absolute atomic E-state index is 0.0347. The second kappa shape index (κ2) is 4.34. The highest BCUT2D eigenvalue weighted by Gasteiger charge is 2.09. The molecule has 1 aromatic heterocycles. The summed E-state index contributed by atoms with van der Waals surface area (Å²) in [5, 5.41) is 0. The van der Waals surface area contributed by atoms with Crippen LogP contribution in [0.4, 0.5) is 10.2 Å². The van der Waals surface area contributed by atoms with Gasteiger partial charge in [0.1, 0.15) is 5.82 Å². The number of nitrogens with zero attached hydrogens (tertiary/aromatic N) is 2. The molecule has 0 saturated heterocycles. The summed E-state index contributed by atoms with van der Waals surface area (Å²) in [5.74, 6) is 4.63. The Morgan fingerprint density at radius 2 is 2.24 bits per heavy atom. The predicted octanol–water partition coefficient (Wildman–Crippen LogP) is 0.966. The van der Waals surface area contributed by atoms with Gasteiger partial charge in [0.2, 0.25) is 5.82 Å². The minimum atomic E-state index is -0.502. The van der Waals surface area contributed by atoms with Gasteiger partial charge in [0.25, 0.3) is 5.56 Å². The molecule has 5 nitrogen and oxygen atoms in total. The second-order valence-electron chi connectivity index (χ2n) is 3.55. The molecule has 0 spiro atoms. The fourth-order valence-corrected chi connectivity index (χ4v) is 1.51. The lowest BCUT2D eigenvalue weighted by Crippen LogP contribution is -2.26. The van der Waals surface area contributed by atoms with E-state index in [1.807, 2.05) is 0 Å². The SMILES string of the molecule is Cc1ccc(-n2ccnc(NN)c2=O)c(F)c1. The molecule has 0 aliphatic rings. The Labute approximate surface area is 96.7 Å². The van der Waals surface area contributed by atoms with Gasteiger partial charge in [-0.25, -0.2) is 15.2 Å². The largest absolute Gasteiger partial charge is 0.304 e. The van der Waals surface area contributed by atoms with Crippen molar-refractivity contribution in [2.45, 2.75) is 6.92 Å². The van der Waals surface area contributed by atoms with Crippen molar-refractivity contribution in [1.82, 2.24) is 9.55 Å². The van der Waals surface area contributed by atoms with Crippen molar-refractivity contribution in [2.24, 2.45) is 5.84 Å². The number of aromatic nitrogens is 2. The van der Waals surface area contributed by atoms with Gasteiger partial charge in [-0.3, -0.25) is 9.36 Å². The molecule has 0 atom stereocenters. The monoisotopic (exact) mass is 234 g/mol. The first-order valence-electron chi connectivity index (χ1n) is 4.94. The Hall–Kier alpha value is -2.21. The van der Waals surface area contributed by atoms with E-state index in [-0.39, 0.29) is 11.5 Å². The van der Waals surface area contributed by atoms with E-state index in [0.717, 1.165) is 10.1 Å². The number of nitrogens with two attached hydrogens (primary N) is 1. The Kier molecular flexibility index (Phi) is 2.88. The standard InChI is InChI=1S/C11H11FN4O/c1-7-2-3-9(8(12)6-7)16-5-4-14-10(15-13)11(16)17/h2-6H,13H2,1H3,(H,14,15). The van der Waals surface area contributed by atoms with E-state index in [1.165, 1.54) is 24.5 Å². The number of halogens is 1. The van der Waals surface area contributed by atoms with Crippen molar-refractivity contribution < 1.29 is 4.39 Å². The molecular weight excluding hydrogens is 223 g/mol. The van der Waals surface area contributed by atoms with Crippen molar-refractivity contribution in [3.8, 4) is 5.69 Å². The summed E-state index contributed by atoms with van der Waals surface area (Å²) >= 11 is 0. The van der Waals surface area contributed by atoms with Crippen LogP contribution in [-0.2, 0) is 0 Å². The number of anilines is 1. The summed E-state index contributed by atoms with van der Waals surface area (Å²) in [6.45, 7) is 1.77. The number of aryl methyl sites for hydroxylation is 1. The van der Waals surface area contributed by atoms with Crippen molar-refractivity contribution in [2.75, 3.05) is 5.43 Å². The van der Waals surface area contributed by atoms with E-state index < -0.39 is 11.4 Å². The van der Waals surface area contributed by atoms with E-state index >= 15 is 0 Å². The van der Waals surface area contributed by atoms with Gasteiger partial charge in [0.05, 0.1) is 5.69 Å². The number of hydrazine groups is 1. The molecule has 2 aromatic rings. The van der Waals surface area contributed by atoms with Gasteiger partial charge in [-0.1, -0.05) is 6.07 Å². The molecule has 6 heteroatoms. The third kappa shape index (κ3) is 2.02. The normalized spacial score (nSPS) is 10.3. The van der Waals surface area contributed by atoms with Crippen molar-refractivity contribution >= 4 is 5.82 Å². The average Bonchev–Trinajstić information content (AvgIpc) is 2.30. The molecule has 0 amide bonds. The molecule has 0 aliphatic heterocycles. The first-order valence-corrected chi connectivity index (χ1v) is 4.94. The van der Waals surface area contributed by atoms with E-state index in [9.17, 15) is 9.18 Å². The van der Waals surface area contributed by atoms with Crippen LogP contribution >= 0.6 is 0 Å². The number of nitrogens with one attached hydrogen (secondary N) is 1. The van der Waals surface area contributed by atoms with Gasteiger partial charge < -0.3 is 5.43 Å². The maximum Gasteiger partial charge on any atom is 0.299 e. The summed E-state index contributed by atoms with van der Waals surface area (Å²) < 4.78 is 14.9. The van der Waals surface area contributed by atoms with Crippen molar-refractivity contribution in [1.29, 1.82) is 0 Å². The number of nitrogen functional groups attached to an aromatic ring is 1. The Morgan fingerprint density at radius 1 is 1.47 bits per heavy atom. The highest BCUT2D eigenvalue weighted by Crippen LogP contribution is 2.13. The summed E-state index contributed by atoms with van der Waals surface area (Å²) in [5.41, 5.74) is 2.62. The lowest BCUT2D eigenvalue weighted by molar-refractivity contribution is 0.614. The van der Waals surface area contributed by atoms with Crippen LogP contribution in [0.5, 0.6) is 0 Å². The molecule has 88 valence electrons. The summed E-state index contributed by atoms with van der Waals surface area (Å²) in [6.07, 6.45) is 2.76. The first-order chi connectivity index (χ1) is 8.13. The minimum Gasteiger partial charge on any atom is -0.304 e. The smallest absolute Gasteiger partial charge is 0.299 e. The number of rotatable bonds is 2. The zero-order valence-corrected chi connectivity index (χ0v) is 9.14. The Bertz CT molecular complexity index is 609. The third-order valence-electron chi connectivity index (χ3n) is 2.34. The Morgan fingerprint density at radius 3 is 2.88 bits per heavy atom. The molecule has 1 aromatic carbocycles. The number of benzene rings is 1. The highest BCUT2D eigenvalue weighted by atomic mass is 19.1. The van der Waals surface area contributed by atoms with Crippen LogP contribution in [-0.4, -0.2) is 9.55 Å². The molecule has 1 heterocycles. The molecular formula is C11H11FN4O. The predicted molar refractivity (Wildman–Crippen MR) is 62.3 cm³/mol. The highest BCUT2D eigenvalue weighted by molar-refractivity contribution is 5.39.